The molecule has 0 aromatic rings. The van der Waals surface area contributed by atoms with Gasteiger partial charge in [0.05, 0.1) is 0 Å². The van der Waals surface area contributed by atoms with E-state index in [1.165, 1.54) is 6.20 Å². The molecule has 0 aromatic heterocycles. The first-order valence-electron chi connectivity index (χ1n) is 11.6. The van der Waals surface area contributed by atoms with Crippen LogP contribution in [0.4, 0.5) is 0 Å². The van der Waals surface area contributed by atoms with Crippen LogP contribution in [-0.2, 0) is 14.4 Å². The summed E-state index contributed by atoms with van der Waals surface area (Å²) in [5, 5.41) is 6.31. The van der Waals surface area contributed by atoms with Gasteiger partial charge in [0.15, 0.2) is 0 Å². The fraction of sp³-hybridized carbons (Fsp3) is 0.625. The van der Waals surface area contributed by atoms with Crippen molar-refractivity contribution in [2.24, 2.45) is 5.92 Å². The Morgan fingerprint density at radius 1 is 1.35 bits per heavy atom. The largest absolute Gasteiger partial charge is 0.331 e. The molecular formula is C24H36N4O3. The first-order valence-corrected chi connectivity index (χ1v) is 11.6. The Hall–Kier alpha value is -2.25. The van der Waals surface area contributed by atoms with E-state index in [1.807, 2.05) is 6.92 Å². The van der Waals surface area contributed by atoms with Crippen molar-refractivity contribution in [3.8, 4) is 0 Å². The minimum atomic E-state index is -0.467. The molecule has 3 unspecified atom stereocenters. The van der Waals surface area contributed by atoms with E-state index in [4.69, 9.17) is 0 Å². The number of hydrogen-bond donors (Lipinski definition) is 2. The van der Waals surface area contributed by atoms with E-state index in [1.54, 1.807) is 4.90 Å². The van der Waals surface area contributed by atoms with E-state index in [2.05, 4.69) is 34.3 Å². The van der Waals surface area contributed by atoms with Gasteiger partial charge in [0.2, 0.25) is 5.91 Å². The number of nitrogens with one attached hydrogen (secondary N) is 2. The number of aldehydes is 1. The minimum Gasteiger partial charge on any atom is -0.331 e. The lowest BCUT2D eigenvalue weighted by molar-refractivity contribution is -0.135. The molecule has 2 N–H and O–H groups in total. The number of hydrogen-bond acceptors (Lipinski definition) is 5. The Morgan fingerprint density at radius 3 is 2.94 bits per heavy atom. The third-order valence-electron chi connectivity index (χ3n) is 6.52. The summed E-state index contributed by atoms with van der Waals surface area (Å²) in [4.78, 5) is 40.4. The predicted octanol–water partition coefficient (Wildman–Crippen LogP) is 1.77. The second-order valence-corrected chi connectivity index (χ2v) is 8.66. The summed E-state index contributed by atoms with van der Waals surface area (Å²) in [6.45, 7) is 10.00. The molecule has 0 radical (unpaired) electrons. The number of nitrogens with zero attached hydrogens (tertiary/aromatic N) is 2. The standard InChI is InChI=1S/C24H36N4O3/c1-3-8-22(23(30)25-4-2)28-17-19-16-21-18(15-20(19)24(28)31)9-12-27(13-10-26-21)11-6-5-7-14-29/h4,14-16,18,21-22,26H,2-3,5-13,17H2,1H3,(H,25,30). The van der Waals surface area contributed by atoms with Crippen LogP contribution in [-0.4, -0.2) is 72.7 Å². The van der Waals surface area contributed by atoms with Gasteiger partial charge in [0, 0.05) is 37.7 Å². The quantitative estimate of drug-likeness (QED) is 0.409. The van der Waals surface area contributed by atoms with E-state index in [9.17, 15) is 14.4 Å². The van der Waals surface area contributed by atoms with Crippen LogP contribution >= 0.6 is 0 Å². The number of rotatable bonds is 10. The topological polar surface area (TPSA) is 81.8 Å². The van der Waals surface area contributed by atoms with Gasteiger partial charge < -0.3 is 25.2 Å². The Morgan fingerprint density at radius 2 is 2.19 bits per heavy atom. The second-order valence-electron chi connectivity index (χ2n) is 8.66. The average Bonchev–Trinajstić information content (AvgIpc) is 3.06. The maximum atomic E-state index is 13.2. The highest BCUT2D eigenvalue weighted by Crippen LogP contribution is 2.34. The molecule has 7 nitrogen and oxygen atoms in total. The molecule has 0 bridgehead atoms. The lowest BCUT2D eigenvalue weighted by atomic mass is 9.85. The van der Waals surface area contributed by atoms with Crippen molar-refractivity contribution in [2.75, 3.05) is 32.7 Å². The van der Waals surface area contributed by atoms with Crippen LogP contribution in [0.1, 0.15) is 45.4 Å². The van der Waals surface area contributed by atoms with E-state index < -0.39 is 6.04 Å². The number of carbonyl (C=O) groups is 3. The van der Waals surface area contributed by atoms with Crippen LogP contribution in [0.5, 0.6) is 0 Å². The normalized spacial score (nSPS) is 24.8. The molecule has 3 atom stereocenters. The van der Waals surface area contributed by atoms with Crippen LogP contribution in [0.3, 0.4) is 0 Å². The van der Waals surface area contributed by atoms with Crippen LogP contribution in [0.25, 0.3) is 0 Å². The highest BCUT2D eigenvalue weighted by Gasteiger charge is 2.40. The molecule has 0 saturated carbocycles. The Balaban J connectivity index is 1.68. The zero-order chi connectivity index (χ0) is 22.2. The van der Waals surface area contributed by atoms with Crippen molar-refractivity contribution in [1.29, 1.82) is 0 Å². The van der Waals surface area contributed by atoms with Crippen LogP contribution in [0.15, 0.2) is 36.1 Å². The van der Waals surface area contributed by atoms with Gasteiger partial charge in [-0.1, -0.05) is 32.1 Å². The molecule has 3 aliphatic rings. The second kappa shape index (κ2) is 11.4. The van der Waals surface area contributed by atoms with Crippen molar-refractivity contribution in [2.45, 2.75) is 57.5 Å². The molecular weight excluding hydrogens is 392 g/mol. The summed E-state index contributed by atoms with van der Waals surface area (Å²) in [5.41, 5.74) is 1.81. The number of fused-ring (bicyclic) bond motifs is 2. The summed E-state index contributed by atoms with van der Waals surface area (Å²) in [6.07, 6.45) is 11.8. The highest BCUT2D eigenvalue weighted by molar-refractivity contribution is 6.04. The maximum Gasteiger partial charge on any atom is 0.254 e. The van der Waals surface area contributed by atoms with Crippen molar-refractivity contribution in [1.82, 2.24) is 20.4 Å². The summed E-state index contributed by atoms with van der Waals surface area (Å²) < 4.78 is 0. The van der Waals surface area contributed by atoms with Crippen LogP contribution in [0.2, 0.25) is 0 Å². The Kier molecular flexibility index (Phi) is 8.60. The predicted molar refractivity (Wildman–Crippen MR) is 121 cm³/mol. The van der Waals surface area contributed by atoms with E-state index in [0.717, 1.165) is 69.3 Å². The van der Waals surface area contributed by atoms with Gasteiger partial charge in [0.25, 0.3) is 5.91 Å². The minimum absolute atomic E-state index is 0.0323. The van der Waals surface area contributed by atoms with Gasteiger partial charge in [-0.25, -0.2) is 0 Å². The zero-order valence-electron chi connectivity index (χ0n) is 18.6. The third kappa shape index (κ3) is 5.71. The maximum absolute atomic E-state index is 13.2. The molecule has 1 aliphatic carbocycles. The lowest BCUT2D eigenvalue weighted by Crippen LogP contribution is -2.46. The molecule has 2 amide bonds. The van der Waals surface area contributed by atoms with Crippen LogP contribution in [0, 0.1) is 5.92 Å². The van der Waals surface area contributed by atoms with Gasteiger partial charge >= 0.3 is 0 Å². The van der Waals surface area contributed by atoms with E-state index >= 15 is 0 Å². The van der Waals surface area contributed by atoms with Crippen molar-refractivity contribution in [3.05, 3.63) is 36.1 Å². The SMILES string of the molecule is C=CNC(=O)C(CCC)N1CC2=CC3NCCN(CCCCC=O)CCC3C=C2C1=O. The number of amides is 2. The van der Waals surface area contributed by atoms with Gasteiger partial charge in [-0.15, -0.1) is 0 Å². The molecule has 2 fully saturated rings. The summed E-state index contributed by atoms with van der Waals surface area (Å²) >= 11 is 0. The monoisotopic (exact) mass is 428 g/mol. The van der Waals surface area contributed by atoms with Gasteiger partial charge in [-0.05, 0) is 56.5 Å². The molecule has 0 aromatic carbocycles. The Bertz CT molecular complexity index is 745. The fourth-order valence-electron chi connectivity index (χ4n) is 4.85. The average molecular weight is 429 g/mol. The first-order chi connectivity index (χ1) is 15.1. The number of unbranched alkanes of at least 4 members (excludes halogenated alkanes) is 2. The van der Waals surface area contributed by atoms with E-state index in [-0.39, 0.29) is 23.8 Å². The first kappa shape index (κ1) is 23.4. The smallest absolute Gasteiger partial charge is 0.254 e. The fourth-order valence-corrected chi connectivity index (χ4v) is 4.85. The van der Waals surface area contributed by atoms with Gasteiger partial charge in [-0.3, -0.25) is 9.59 Å². The molecule has 3 rings (SSSR count). The van der Waals surface area contributed by atoms with Crippen molar-refractivity contribution in [3.63, 3.8) is 0 Å². The summed E-state index contributed by atoms with van der Waals surface area (Å²) in [7, 11) is 0. The molecule has 2 saturated heterocycles. The molecule has 2 aliphatic heterocycles. The molecule has 31 heavy (non-hydrogen) atoms. The summed E-state index contributed by atoms with van der Waals surface area (Å²) in [6, 6.07) is -0.236. The molecule has 7 heteroatoms. The molecule has 0 spiro atoms. The van der Waals surface area contributed by atoms with Crippen molar-refractivity contribution < 1.29 is 14.4 Å². The zero-order valence-corrected chi connectivity index (χ0v) is 18.6. The van der Waals surface area contributed by atoms with Crippen molar-refractivity contribution >= 4 is 18.1 Å². The molecule has 2 heterocycles. The Labute approximate surface area is 185 Å². The number of likely N-dealkylation sites (tertiary alicyclic amines) is 1. The number of carbonyl (C=O) groups excluding carboxylic acids is 3. The third-order valence-corrected chi connectivity index (χ3v) is 6.52. The highest BCUT2D eigenvalue weighted by atomic mass is 16.2. The summed E-state index contributed by atoms with van der Waals surface area (Å²) in [5.74, 6) is 0.0709. The van der Waals surface area contributed by atoms with Gasteiger partial charge in [-0.2, -0.15) is 0 Å². The lowest BCUT2D eigenvalue weighted by Gasteiger charge is -2.34. The van der Waals surface area contributed by atoms with Crippen LogP contribution < -0.4 is 10.6 Å². The van der Waals surface area contributed by atoms with Gasteiger partial charge in [0.1, 0.15) is 12.3 Å². The molecule has 170 valence electrons. The van der Waals surface area contributed by atoms with E-state index in [0.29, 0.717) is 19.4 Å².